The Kier molecular flexibility index (Phi) is 4.10. The first-order valence-electron chi connectivity index (χ1n) is 6.26. The van der Waals surface area contributed by atoms with Crippen molar-refractivity contribution in [2.45, 2.75) is 33.3 Å². The van der Waals surface area contributed by atoms with Gasteiger partial charge in [0.15, 0.2) is 0 Å². The van der Waals surface area contributed by atoms with Crippen LogP contribution in [0.4, 0.5) is 0 Å². The molecule has 0 aliphatic carbocycles. The van der Waals surface area contributed by atoms with Crippen LogP contribution in [0.15, 0.2) is 18.2 Å². The fourth-order valence-electron chi connectivity index (χ4n) is 1.83. The van der Waals surface area contributed by atoms with Crippen LogP contribution in [0.1, 0.15) is 36.7 Å². The average molecular weight is 280 g/mol. The minimum absolute atomic E-state index is 0.418. The largest absolute Gasteiger partial charge is 0.487 e. The van der Waals surface area contributed by atoms with Gasteiger partial charge >= 0.3 is 0 Å². The van der Waals surface area contributed by atoms with Gasteiger partial charge in [0.2, 0.25) is 0 Å². The predicted molar refractivity (Wildman–Crippen MR) is 75.6 cm³/mol. The summed E-state index contributed by atoms with van der Waals surface area (Å²) >= 11 is 6.11. The molecule has 1 heterocycles. The van der Waals surface area contributed by atoms with E-state index in [1.165, 1.54) is 5.56 Å². The summed E-state index contributed by atoms with van der Waals surface area (Å²) in [6.45, 7) is 6.62. The van der Waals surface area contributed by atoms with Crippen molar-refractivity contribution in [3.05, 3.63) is 40.2 Å². The maximum Gasteiger partial charge on any atom is 0.132 e. The molecular formula is C14H18ClN3O. The molecule has 19 heavy (non-hydrogen) atoms. The molecule has 0 unspecified atom stereocenters. The third-order valence-corrected chi connectivity index (χ3v) is 3.29. The SMILES string of the molecule is Cc1nnn(C)c1COc1cc(Cl)cc(C(C)C)c1. The summed E-state index contributed by atoms with van der Waals surface area (Å²) in [7, 11) is 1.86. The summed E-state index contributed by atoms with van der Waals surface area (Å²) in [5.41, 5.74) is 3.02. The molecule has 2 rings (SSSR count). The second-order valence-corrected chi connectivity index (χ2v) is 5.35. The monoisotopic (exact) mass is 279 g/mol. The smallest absolute Gasteiger partial charge is 0.132 e. The molecule has 0 saturated heterocycles. The van der Waals surface area contributed by atoms with Gasteiger partial charge in [0.25, 0.3) is 0 Å². The fourth-order valence-corrected chi connectivity index (χ4v) is 2.06. The van der Waals surface area contributed by atoms with Crippen LogP contribution in [0.5, 0.6) is 5.75 Å². The Morgan fingerprint density at radius 3 is 2.63 bits per heavy atom. The van der Waals surface area contributed by atoms with Crippen molar-refractivity contribution in [1.82, 2.24) is 15.0 Å². The molecule has 102 valence electrons. The van der Waals surface area contributed by atoms with Gasteiger partial charge in [-0.2, -0.15) is 0 Å². The zero-order chi connectivity index (χ0) is 14.0. The highest BCUT2D eigenvalue weighted by atomic mass is 35.5. The van der Waals surface area contributed by atoms with Gasteiger partial charge in [0.05, 0.1) is 11.4 Å². The molecule has 0 N–H and O–H groups in total. The topological polar surface area (TPSA) is 39.9 Å². The third-order valence-electron chi connectivity index (χ3n) is 3.07. The summed E-state index contributed by atoms with van der Waals surface area (Å²) in [4.78, 5) is 0. The first kappa shape index (κ1) is 13.9. The Morgan fingerprint density at radius 2 is 2.05 bits per heavy atom. The lowest BCUT2D eigenvalue weighted by molar-refractivity contribution is 0.293. The lowest BCUT2D eigenvalue weighted by atomic mass is 10.0. The van der Waals surface area contributed by atoms with Crippen LogP contribution in [-0.2, 0) is 13.7 Å². The summed E-state index contributed by atoms with van der Waals surface area (Å²) in [5, 5.41) is 8.65. The standard InChI is InChI=1S/C14H18ClN3O/c1-9(2)11-5-12(15)7-13(6-11)19-8-14-10(3)16-17-18(14)4/h5-7,9H,8H2,1-4H3. The number of benzene rings is 1. The van der Waals surface area contributed by atoms with Gasteiger partial charge in [-0.15, -0.1) is 5.10 Å². The molecular weight excluding hydrogens is 262 g/mol. The first-order chi connectivity index (χ1) is 8.97. The lowest BCUT2D eigenvalue weighted by Gasteiger charge is -2.11. The van der Waals surface area contributed by atoms with E-state index in [0.717, 1.165) is 17.1 Å². The van der Waals surface area contributed by atoms with Crippen LogP contribution in [-0.4, -0.2) is 15.0 Å². The zero-order valence-corrected chi connectivity index (χ0v) is 12.4. The number of aryl methyl sites for hydroxylation is 2. The van der Waals surface area contributed by atoms with Gasteiger partial charge in [-0.3, -0.25) is 0 Å². The molecule has 2 aromatic rings. The molecule has 5 heteroatoms. The normalized spacial score (nSPS) is 11.1. The number of hydrogen-bond donors (Lipinski definition) is 0. The van der Waals surface area contributed by atoms with E-state index in [9.17, 15) is 0 Å². The number of aromatic nitrogens is 3. The maximum absolute atomic E-state index is 6.11. The Labute approximate surface area is 118 Å². The Balaban J connectivity index is 2.16. The molecule has 0 radical (unpaired) electrons. The molecule has 0 aliphatic heterocycles. The third kappa shape index (κ3) is 3.26. The summed E-state index contributed by atoms with van der Waals surface area (Å²) in [6, 6.07) is 5.82. The second kappa shape index (κ2) is 5.61. The van der Waals surface area contributed by atoms with E-state index < -0.39 is 0 Å². The highest BCUT2D eigenvalue weighted by Crippen LogP contribution is 2.26. The lowest BCUT2D eigenvalue weighted by Crippen LogP contribution is -2.04. The summed E-state index contributed by atoms with van der Waals surface area (Å²) < 4.78 is 7.52. The molecule has 0 bridgehead atoms. The number of rotatable bonds is 4. The molecule has 0 atom stereocenters. The van der Waals surface area contributed by atoms with Crippen LogP contribution in [0.3, 0.4) is 0 Å². The number of hydrogen-bond acceptors (Lipinski definition) is 3. The number of ether oxygens (including phenoxy) is 1. The van der Waals surface area contributed by atoms with Crippen molar-refractivity contribution >= 4 is 11.6 Å². The maximum atomic E-state index is 6.11. The number of halogens is 1. The minimum Gasteiger partial charge on any atom is -0.487 e. The molecule has 4 nitrogen and oxygen atoms in total. The molecule has 1 aromatic heterocycles. The molecule has 0 spiro atoms. The van der Waals surface area contributed by atoms with Crippen LogP contribution < -0.4 is 4.74 Å². The van der Waals surface area contributed by atoms with Gasteiger partial charge < -0.3 is 4.74 Å². The molecule has 1 aromatic carbocycles. The van der Waals surface area contributed by atoms with Crippen molar-refractivity contribution in [3.8, 4) is 5.75 Å². The summed E-state index contributed by atoms with van der Waals surface area (Å²) in [5.74, 6) is 1.19. The minimum atomic E-state index is 0.418. The highest BCUT2D eigenvalue weighted by Gasteiger charge is 2.09. The van der Waals surface area contributed by atoms with Crippen LogP contribution in [0.2, 0.25) is 5.02 Å². The van der Waals surface area contributed by atoms with Crippen molar-refractivity contribution in [1.29, 1.82) is 0 Å². The first-order valence-corrected chi connectivity index (χ1v) is 6.63. The van der Waals surface area contributed by atoms with E-state index >= 15 is 0 Å². The van der Waals surface area contributed by atoms with E-state index in [-0.39, 0.29) is 0 Å². The van der Waals surface area contributed by atoms with Crippen molar-refractivity contribution in [2.75, 3.05) is 0 Å². The molecule has 0 aliphatic rings. The van der Waals surface area contributed by atoms with Crippen molar-refractivity contribution in [3.63, 3.8) is 0 Å². The van der Waals surface area contributed by atoms with Gasteiger partial charge in [-0.25, -0.2) is 4.68 Å². The van der Waals surface area contributed by atoms with E-state index in [2.05, 4.69) is 24.2 Å². The quantitative estimate of drug-likeness (QED) is 0.860. The van der Waals surface area contributed by atoms with E-state index in [1.54, 1.807) is 4.68 Å². The average Bonchev–Trinajstić information content (AvgIpc) is 2.66. The number of nitrogens with zero attached hydrogens (tertiary/aromatic N) is 3. The van der Waals surface area contributed by atoms with Gasteiger partial charge in [-0.1, -0.05) is 30.7 Å². The second-order valence-electron chi connectivity index (χ2n) is 4.91. The Morgan fingerprint density at radius 1 is 1.32 bits per heavy atom. The molecule has 0 saturated carbocycles. The van der Waals surface area contributed by atoms with Gasteiger partial charge in [0.1, 0.15) is 12.4 Å². The van der Waals surface area contributed by atoms with Gasteiger partial charge in [0, 0.05) is 12.1 Å². The Hall–Kier alpha value is -1.55. The predicted octanol–water partition coefficient (Wildman–Crippen LogP) is 3.48. The highest BCUT2D eigenvalue weighted by molar-refractivity contribution is 6.30. The molecule has 0 fully saturated rings. The van der Waals surface area contributed by atoms with Crippen molar-refractivity contribution < 1.29 is 4.74 Å². The Bertz CT molecular complexity index is 559. The van der Waals surface area contributed by atoms with E-state index in [4.69, 9.17) is 16.3 Å². The van der Waals surface area contributed by atoms with Gasteiger partial charge in [-0.05, 0) is 36.6 Å². The van der Waals surface area contributed by atoms with Crippen LogP contribution in [0, 0.1) is 6.92 Å². The zero-order valence-electron chi connectivity index (χ0n) is 11.6. The molecule has 0 amide bonds. The van der Waals surface area contributed by atoms with Crippen LogP contribution >= 0.6 is 11.6 Å². The van der Waals surface area contributed by atoms with E-state index in [0.29, 0.717) is 17.5 Å². The van der Waals surface area contributed by atoms with Crippen molar-refractivity contribution in [2.24, 2.45) is 7.05 Å². The van der Waals surface area contributed by atoms with E-state index in [1.807, 2.05) is 32.2 Å². The summed E-state index contributed by atoms with van der Waals surface area (Å²) in [6.07, 6.45) is 0. The fraction of sp³-hybridized carbons (Fsp3) is 0.429. The van der Waals surface area contributed by atoms with Crippen LogP contribution in [0.25, 0.3) is 0 Å².